The molecule has 0 saturated carbocycles. The minimum atomic E-state index is -0.262. The lowest BCUT2D eigenvalue weighted by atomic mass is 10.1. The van der Waals surface area contributed by atoms with E-state index in [1.54, 1.807) is 18.2 Å². The Morgan fingerprint density at radius 3 is 2.57 bits per heavy atom. The third-order valence-electron chi connectivity index (χ3n) is 4.84. The average molecular weight is 411 g/mol. The molecule has 1 saturated heterocycles. The van der Waals surface area contributed by atoms with Gasteiger partial charge in [-0.05, 0) is 32.0 Å². The van der Waals surface area contributed by atoms with Gasteiger partial charge in [-0.2, -0.15) is 15.4 Å². The van der Waals surface area contributed by atoms with Crippen LogP contribution in [0, 0.1) is 0 Å². The summed E-state index contributed by atoms with van der Waals surface area (Å²) in [5.74, 6) is 1.03. The van der Waals surface area contributed by atoms with Crippen molar-refractivity contribution in [1.82, 2.24) is 15.4 Å². The molecule has 1 aliphatic rings. The fraction of sp³-hybridized carbons (Fsp3) is 0.381. The van der Waals surface area contributed by atoms with Crippen molar-refractivity contribution in [2.45, 2.75) is 13.8 Å². The summed E-state index contributed by atoms with van der Waals surface area (Å²) in [5, 5.41) is 13.6. The highest BCUT2D eigenvalue weighted by atomic mass is 16.5. The first-order chi connectivity index (χ1) is 14.7. The number of benzene rings is 2. The van der Waals surface area contributed by atoms with Crippen molar-refractivity contribution in [3.05, 3.63) is 35.9 Å². The van der Waals surface area contributed by atoms with Gasteiger partial charge in [0, 0.05) is 30.8 Å². The number of ether oxygens (including phenoxy) is 3. The Balaban J connectivity index is 1.66. The molecule has 0 unspecified atom stereocenters. The fourth-order valence-electron chi connectivity index (χ4n) is 3.42. The molecule has 1 aliphatic heterocycles. The van der Waals surface area contributed by atoms with Crippen molar-refractivity contribution in [1.29, 1.82) is 0 Å². The predicted octanol–water partition coefficient (Wildman–Crippen LogP) is 2.84. The van der Waals surface area contributed by atoms with Crippen molar-refractivity contribution in [2.24, 2.45) is 0 Å². The van der Waals surface area contributed by atoms with Crippen LogP contribution >= 0.6 is 0 Å². The first-order valence-electron chi connectivity index (χ1n) is 10.1. The summed E-state index contributed by atoms with van der Waals surface area (Å²) in [6.45, 7) is 7.72. The van der Waals surface area contributed by atoms with Crippen LogP contribution in [0.4, 0.5) is 11.4 Å². The van der Waals surface area contributed by atoms with Crippen LogP contribution in [0.15, 0.2) is 30.3 Å². The number of nitrogens with one attached hydrogen (secondary N) is 2. The fourth-order valence-corrected chi connectivity index (χ4v) is 3.42. The molecule has 1 fully saturated rings. The van der Waals surface area contributed by atoms with Crippen LogP contribution in [0.3, 0.4) is 0 Å². The molecule has 0 radical (unpaired) electrons. The molecule has 0 spiro atoms. The van der Waals surface area contributed by atoms with Crippen molar-refractivity contribution >= 4 is 28.3 Å². The van der Waals surface area contributed by atoms with Gasteiger partial charge in [0.2, 0.25) is 0 Å². The minimum Gasteiger partial charge on any atom is -0.492 e. The molecule has 1 aromatic heterocycles. The van der Waals surface area contributed by atoms with Crippen LogP contribution in [0.2, 0.25) is 0 Å². The number of nitrogens with zero attached hydrogens (tertiary/aromatic N) is 3. The van der Waals surface area contributed by atoms with Gasteiger partial charge in [0.1, 0.15) is 22.5 Å². The average Bonchev–Trinajstić information content (AvgIpc) is 3.24. The van der Waals surface area contributed by atoms with E-state index in [0.717, 1.165) is 18.8 Å². The lowest BCUT2D eigenvalue weighted by Crippen LogP contribution is -2.36. The van der Waals surface area contributed by atoms with Gasteiger partial charge in [-0.3, -0.25) is 4.79 Å². The number of aromatic nitrogens is 3. The molecule has 4 rings (SSSR count). The molecule has 0 atom stereocenters. The quantitative estimate of drug-likeness (QED) is 0.616. The zero-order chi connectivity index (χ0) is 20.9. The summed E-state index contributed by atoms with van der Waals surface area (Å²) in [5.41, 5.74) is 3.31. The van der Waals surface area contributed by atoms with E-state index in [9.17, 15) is 4.79 Å². The SMILES string of the molecule is CCOc1cc(N2CCOCC2)c(OCC)cc1NC(=O)c1ccc2n[nH]nc2c1. The number of aromatic amines is 1. The van der Waals surface area contributed by atoms with E-state index in [0.29, 0.717) is 60.2 Å². The number of anilines is 2. The largest absolute Gasteiger partial charge is 0.492 e. The molecule has 2 N–H and O–H groups in total. The maximum absolute atomic E-state index is 12.9. The minimum absolute atomic E-state index is 0.262. The predicted molar refractivity (Wildman–Crippen MR) is 114 cm³/mol. The van der Waals surface area contributed by atoms with Crippen LogP contribution in [0.25, 0.3) is 11.0 Å². The lowest BCUT2D eigenvalue weighted by Gasteiger charge is -2.31. The van der Waals surface area contributed by atoms with Gasteiger partial charge in [-0.25, -0.2) is 0 Å². The molecular formula is C21H25N5O4. The van der Waals surface area contributed by atoms with Crippen molar-refractivity contribution in [3.63, 3.8) is 0 Å². The highest BCUT2D eigenvalue weighted by Crippen LogP contribution is 2.39. The Morgan fingerprint density at radius 1 is 1.07 bits per heavy atom. The third-order valence-corrected chi connectivity index (χ3v) is 4.84. The molecule has 158 valence electrons. The third kappa shape index (κ3) is 4.16. The summed E-state index contributed by atoms with van der Waals surface area (Å²) in [6, 6.07) is 8.92. The Hall–Kier alpha value is -3.33. The highest BCUT2D eigenvalue weighted by Gasteiger charge is 2.21. The number of carbonyl (C=O) groups is 1. The molecule has 9 nitrogen and oxygen atoms in total. The monoisotopic (exact) mass is 411 g/mol. The molecule has 0 aliphatic carbocycles. The van der Waals surface area contributed by atoms with Gasteiger partial charge in [0.15, 0.2) is 0 Å². The Labute approximate surface area is 174 Å². The number of rotatable bonds is 7. The molecule has 9 heteroatoms. The van der Waals surface area contributed by atoms with Crippen molar-refractivity contribution in [3.8, 4) is 11.5 Å². The Morgan fingerprint density at radius 2 is 1.80 bits per heavy atom. The zero-order valence-corrected chi connectivity index (χ0v) is 17.1. The van der Waals surface area contributed by atoms with E-state index in [4.69, 9.17) is 14.2 Å². The summed E-state index contributed by atoms with van der Waals surface area (Å²) < 4.78 is 17.2. The van der Waals surface area contributed by atoms with E-state index in [2.05, 4.69) is 25.6 Å². The summed E-state index contributed by atoms with van der Waals surface area (Å²) >= 11 is 0. The Kier molecular flexibility index (Phi) is 5.99. The zero-order valence-electron chi connectivity index (χ0n) is 17.1. The second kappa shape index (κ2) is 9.00. The number of amides is 1. The molecule has 0 bridgehead atoms. The molecule has 3 aromatic rings. The van der Waals surface area contributed by atoms with E-state index in [1.807, 2.05) is 26.0 Å². The van der Waals surface area contributed by atoms with Gasteiger partial charge in [-0.15, -0.1) is 0 Å². The van der Waals surface area contributed by atoms with Gasteiger partial charge in [0.05, 0.1) is 37.8 Å². The molecular weight excluding hydrogens is 386 g/mol. The number of hydrogen-bond donors (Lipinski definition) is 2. The van der Waals surface area contributed by atoms with Gasteiger partial charge in [-0.1, -0.05) is 0 Å². The van der Waals surface area contributed by atoms with Gasteiger partial charge >= 0.3 is 0 Å². The second-order valence-electron chi connectivity index (χ2n) is 6.76. The maximum atomic E-state index is 12.9. The van der Waals surface area contributed by atoms with Crippen LogP contribution in [0.1, 0.15) is 24.2 Å². The van der Waals surface area contributed by atoms with Crippen LogP contribution in [0.5, 0.6) is 11.5 Å². The normalized spacial score (nSPS) is 14.0. The standard InChI is InChI=1S/C21H25N5O4/c1-3-29-19-13-18(26-7-9-28-10-8-26)20(30-4-2)12-17(19)22-21(27)14-5-6-15-16(11-14)24-25-23-15/h5-6,11-13H,3-4,7-10H2,1-2H3,(H,22,27)(H,23,24,25). The topological polar surface area (TPSA) is 102 Å². The smallest absolute Gasteiger partial charge is 0.255 e. The molecule has 1 amide bonds. The first kappa shape index (κ1) is 20.0. The lowest BCUT2D eigenvalue weighted by molar-refractivity contribution is 0.102. The van der Waals surface area contributed by atoms with Crippen LogP contribution in [-0.2, 0) is 4.74 Å². The van der Waals surface area contributed by atoms with Crippen LogP contribution in [-0.4, -0.2) is 60.8 Å². The van der Waals surface area contributed by atoms with Gasteiger partial charge < -0.3 is 24.4 Å². The highest BCUT2D eigenvalue weighted by molar-refractivity contribution is 6.06. The number of H-pyrrole nitrogens is 1. The van der Waals surface area contributed by atoms with Gasteiger partial charge in [0.25, 0.3) is 5.91 Å². The summed E-state index contributed by atoms with van der Waals surface area (Å²) in [4.78, 5) is 15.1. The number of carbonyl (C=O) groups excluding carboxylic acids is 1. The van der Waals surface area contributed by atoms with E-state index in [1.165, 1.54) is 0 Å². The summed E-state index contributed by atoms with van der Waals surface area (Å²) in [7, 11) is 0. The maximum Gasteiger partial charge on any atom is 0.255 e. The van der Waals surface area contributed by atoms with E-state index < -0.39 is 0 Å². The van der Waals surface area contributed by atoms with E-state index in [-0.39, 0.29) is 5.91 Å². The second-order valence-corrected chi connectivity index (χ2v) is 6.76. The van der Waals surface area contributed by atoms with Crippen LogP contribution < -0.4 is 19.7 Å². The van der Waals surface area contributed by atoms with Crippen molar-refractivity contribution in [2.75, 3.05) is 49.7 Å². The molecule has 2 heterocycles. The Bertz CT molecular complexity index is 1030. The molecule has 2 aromatic carbocycles. The number of morpholine rings is 1. The summed E-state index contributed by atoms with van der Waals surface area (Å²) in [6.07, 6.45) is 0. The number of fused-ring (bicyclic) bond motifs is 1. The molecule has 30 heavy (non-hydrogen) atoms. The first-order valence-corrected chi connectivity index (χ1v) is 10.1. The van der Waals surface area contributed by atoms with Crippen molar-refractivity contribution < 1.29 is 19.0 Å². The number of hydrogen-bond acceptors (Lipinski definition) is 7. The van der Waals surface area contributed by atoms with E-state index >= 15 is 0 Å².